The second kappa shape index (κ2) is 9.55. The van der Waals surface area contributed by atoms with Gasteiger partial charge in [-0.1, -0.05) is 42.5 Å². The van der Waals surface area contributed by atoms with E-state index in [1.54, 1.807) is 18.2 Å². The van der Waals surface area contributed by atoms with Crippen LogP contribution in [0.5, 0.6) is 5.75 Å². The van der Waals surface area contributed by atoms with E-state index in [4.69, 9.17) is 9.47 Å². The highest BCUT2D eigenvalue weighted by Gasteiger charge is 2.25. The maximum atomic E-state index is 12.1. The van der Waals surface area contributed by atoms with Gasteiger partial charge in [-0.15, -0.1) is 0 Å². The lowest BCUT2D eigenvalue weighted by atomic mass is 10.1. The van der Waals surface area contributed by atoms with Crippen molar-refractivity contribution in [3.8, 4) is 5.75 Å². The molecule has 1 N–H and O–H groups in total. The predicted molar refractivity (Wildman–Crippen MR) is 103 cm³/mol. The summed E-state index contributed by atoms with van der Waals surface area (Å²) >= 11 is 0. The number of benzene rings is 2. The number of ether oxygens (including phenoxy) is 2. The lowest BCUT2D eigenvalue weighted by Crippen LogP contribution is -2.40. The summed E-state index contributed by atoms with van der Waals surface area (Å²) < 4.78 is 10.4. The predicted octanol–water partition coefficient (Wildman–Crippen LogP) is 1.70. The molecular formula is C21H22N2O5. The lowest BCUT2D eigenvalue weighted by Gasteiger charge is -2.28. The van der Waals surface area contributed by atoms with Gasteiger partial charge in [-0.05, 0) is 24.1 Å². The summed E-state index contributed by atoms with van der Waals surface area (Å²) in [7, 11) is 0. The summed E-state index contributed by atoms with van der Waals surface area (Å²) in [5, 5.41) is 2.71. The number of nitrogens with one attached hydrogen (secondary N) is 1. The lowest BCUT2D eigenvalue weighted by molar-refractivity contribution is -0.148. The minimum Gasteiger partial charge on any atom is -0.482 e. The van der Waals surface area contributed by atoms with Gasteiger partial charge in [-0.2, -0.15) is 0 Å². The van der Waals surface area contributed by atoms with Crippen molar-refractivity contribution in [2.45, 2.75) is 12.8 Å². The fourth-order valence-electron chi connectivity index (χ4n) is 2.86. The first kappa shape index (κ1) is 19.4. The number of rotatable bonds is 8. The second-order valence-corrected chi connectivity index (χ2v) is 6.30. The zero-order valence-corrected chi connectivity index (χ0v) is 15.4. The Labute approximate surface area is 163 Å². The summed E-state index contributed by atoms with van der Waals surface area (Å²) in [6.45, 7) is 0.254. The average Bonchev–Trinajstić information content (AvgIpc) is 2.72. The first-order valence-electron chi connectivity index (χ1n) is 9.12. The molecule has 3 rings (SSSR count). The number of hydrogen-bond donors (Lipinski definition) is 1. The zero-order chi connectivity index (χ0) is 19.8. The number of anilines is 1. The molecule has 1 aliphatic rings. The van der Waals surface area contributed by atoms with Crippen molar-refractivity contribution in [1.82, 2.24) is 5.32 Å². The first-order valence-corrected chi connectivity index (χ1v) is 9.12. The molecule has 0 aromatic heterocycles. The van der Waals surface area contributed by atoms with Crippen LogP contribution < -0.4 is 15.0 Å². The van der Waals surface area contributed by atoms with Gasteiger partial charge in [0.25, 0.3) is 11.8 Å². The standard InChI is InChI=1S/C21H22N2O5/c24-19(22-12-10-16-6-2-1-3-7-16)14-28-21(26)11-13-23-17-8-4-5-9-18(17)27-15-20(23)25/h1-9H,10-15H2,(H,22,24). The van der Waals surface area contributed by atoms with Crippen LogP contribution in [0.3, 0.4) is 0 Å². The third-order valence-electron chi connectivity index (χ3n) is 4.29. The normalized spacial score (nSPS) is 12.7. The molecule has 0 spiro atoms. The molecule has 0 saturated carbocycles. The minimum absolute atomic E-state index is 0.00261. The molecular weight excluding hydrogens is 360 g/mol. The van der Waals surface area contributed by atoms with Crippen LogP contribution in [-0.4, -0.2) is 44.1 Å². The molecule has 0 fully saturated rings. The van der Waals surface area contributed by atoms with Crippen LogP contribution in [0, 0.1) is 0 Å². The Hall–Kier alpha value is -3.35. The van der Waals surface area contributed by atoms with Crippen molar-refractivity contribution in [2.75, 3.05) is 31.2 Å². The van der Waals surface area contributed by atoms with Gasteiger partial charge in [0.1, 0.15) is 5.75 Å². The number of nitrogens with zero attached hydrogens (tertiary/aromatic N) is 1. The van der Waals surface area contributed by atoms with E-state index < -0.39 is 5.97 Å². The average molecular weight is 382 g/mol. The Balaban J connectivity index is 1.38. The van der Waals surface area contributed by atoms with E-state index in [1.165, 1.54) is 4.90 Å². The van der Waals surface area contributed by atoms with Gasteiger partial charge in [-0.25, -0.2) is 0 Å². The van der Waals surface area contributed by atoms with E-state index in [0.29, 0.717) is 24.4 Å². The Bertz CT molecular complexity index is 838. The molecule has 2 aromatic rings. The van der Waals surface area contributed by atoms with E-state index in [1.807, 2.05) is 36.4 Å². The van der Waals surface area contributed by atoms with Crippen LogP contribution >= 0.6 is 0 Å². The van der Waals surface area contributed by atoms with Gasteiger partial charge in [0.2, 0.25) is 0 Å². The fraction of sp³-hybridized carbons (Fsp3) is 0.286. The Morgan fingerprint density at radius 1 is 1.07 bits per heavy atom. The smallest absolute Gasteiger partial charge is 0.308 e. The zero-order valence-electron chi connectivity index (χ0n) is 15.4. The number of esters is 1. The third-order valence-corrected chi connectivity index (χ3v) is 4.29. The van der Waals surface area contributed by atoms with Gasteiger partial charge < -0.3 is 19.7 Å². The maximum absolute atomic E-state index is 12.1. The molecule has 28 heavy (non-hydrogen) atoms. The summed E-state index contributed by atoms with van der Waals surface area (Å²) in [6, 6.07) is 16.9. The van der Waals surface area contributed by atoms with E-state index in [0.717, 1.165) is 5.56 Å². The molecule has 0 atom stereocenters. The summed E-state index contributed by atoms with van der Waals surface area (Å²) in [5.74, 6) is -0.495. The molecule has 0 unspecified atom stereocenters. The van der Waals surface area contributed by atoms with E-state index in [2.05, 4.69) is 5.32 Å². The second-order valence-electron chi connectivity index (χ2n) is 6.30. The van der Waals surface area contributed by atoms with E-state index >= 15 is 0 Å². The largest absolute Gasteiger partial charge is 0.482 e. The summed E-state index contributed by atoms with van der Waals surface area (Å²) in [5.41, 5.74) is 1.75. The van der Waals surface area contributed by atoms with Gasteiger partial charge in [-0.3, -0.25) is 14.4 Å². The van der Waals surface area contributed by atoms with Gasteiger partial charge in [0.15, 0.2) is 13.2 Å². The van der Waals surface area contributed by atoms with Crippen LogP contribution in [0.1, 0.15) is 12.0 Å². The molecule has 0 aliphatic carbocycles. The summed E-state index contributed by atoms with van der Waals surface area (Å²) in [4.78, 5) is 37.3. The van der Waals surface area contributed by atoms with Crippen molar-refractivity contribution < 1.29 is 23.9 Å². The molecule has 146 valence electrons. The van der Waals surface area contributed by atoms with Crippen molar-refractivity contribution >= 4 is 23.5 Å². The SMILES string of the molecule is O=C(COC(=O)CCN1C(=O)COc2ccccc21)NCCc1ccccc1. The highest BCUT2D eigenvalue weighted by atomic mass is 16.5. The van der Waals surface area contributed by atoms with Gasteiger partial charge in [0.05, 0.1) is 12.1 Å². The number of hydrogen-bond acceptors (Lipinski definition) is 5. The molecule has 0 saturated heterocycles. The first-order chi connectivity index (χ1) is 13.6. The Morgan fingerprint density at radius 3 is 2.64 bits per heavy atom. The minimum atomic E-state index is -0.532. The number of fused-ring (bicyclic) bond motifs is 1. The molecule has 7 heteroatoms. The van der Waals surface area contributed by atoms with E-state index in [-0.39, 0.29) is 38.0 Å². The maximum Gasteiger partial charge on any atom is 0.308 e. The van der Waals surface area contributed by atoms with Crippen LogP contribution in [0.4, 0.5) is 5.69 Å². The van der Waals surface area contributed by atoms with Crippen LogP contribution in [0.15, 0.2) is 54.6 Å². The monoisotopic (exact) mass is 382 g/mol. The number of carbonyl (C=O) groups is 3. The highest BCUT2D eigenvalue weighted by molar-refractivity contribution is 5.98. The number of carbonyl (C=O) groups excluding carboxylic acids is 3. The van der Waals surface area contributed by atoms with Gasteiger partial charge >= 0.3 is 5.97 Å². The van der Waals surface area contributed by atoms with Crippen molar-refractivity contribution in [3.05, 3.63) is 60.2 Å². The molecule has 1 heterocycles. The summed E-state index contributed by atoms with van der Waals surface area (Å²) in [6.07, 6.45) is 0.705. The van der Waals surface area contributed by atoms with Gasteiger partial charge in [0, 0.05) is 13.1 Å². The van der Waals surface area contributed by atoms with E-state index in [9.17, 15) is 14.4 Å². The third kappa shape index (κ3) is 5.33. The highest BCUT2D eigenvalue weighted by Crippen LogP contribution is 2.31. The van der Waals surface area contributed by atoms with Crippen molar-refractivity contribution in [3.63, 3.8) is 0 Å². The van der Waals surface area contributed by atoms with Crippen LogP contribution in [0.2, 0.25) is 0 Å². The topological polar surface area (TPSA) is 84.9 Å². The molecule has 2 aromatic carbocycles. The molecule has 7 nitrogen and oxygen atoms in total. The van der Waals surface area contributed by atoms with Crippen molar-refractivity contribution in [2.24, 2.45) is 0 Å². The molecule has 0 bridgehead atoms. The Kier molecular flexibility index (Phi) is 6.62. The van der Waals surface area contributed by atoms with Crippen LogP contribution in [-0.2, 0) is 25.5 Å². The van der Waals surface area contributed by atoms with Crippen LogP contribution in [0.25, 0.3) is 0 Å². The fourth-order valence-corrected chi connectivity index (χ4v) is 2.86. The molecule has 1 aliphatic heterocycles. The molecule has 2 amide bonds. The number of para-hydroxylation sites is 2. The van der Waals surface area contributed by atoms with Crippen molar-refractivity contribution in [1.29, 1.82) is 0 Å². The number of amides is 2. The Morgan fingerprint density at radius 2 is 1.82 bits per heavy atom. The molecule has 0 radical (unpaired) electrons. The quantitative estimate of drug-likeness (QED) is 0.703.